The van der Waals surface area contributed by atoms with Gasteiger partial charge >= 0.3 is 5.97 Å². The largest absolute Gasteiger partial charge is 0.481 e. The number of hydrogen-bond acceptors (Lipinski definition) is 5. The number of aliphatic carboxylic acids is 1. The van der Waals surface area contributed by atoms with Gasteiger partial charge in [-0.05, 0) is 24.3 Å². The molecule has 2 N–H and O–H groups in total. The number of benzene rings is 2. The molecule has 0 aliphatic heterocycles. The fourth-order valence-electron chi connectivity index (χ4n) is 2.11. The number of carbonyl (C=O) groups excluding carboxylic acids is 1. The van der Waals surface area contributed by atoms with E-state index in [9.17, 15) is 9.59 Å². The summed E-state index contributed by atoms with van der Waals surface area (Å²) in [5, 5.41) is 11.1. The first-order valence-electron chi connectivity index (χ1n) is 7.22. The van der Waals surface area contributed by atoms with Crippen molar-refractivity contribution >= 4 is 50.9 Å². The summed E-state index contributed by atoms with van der Waals surface area (Å²) in [5.41, 5.74) is 1.49. The Kier molecular flexibility index (Phi) is 5.12. The van der Waals surface area contributed by atoms with Gasteiger partial charge in [-0.1, -0.05) is 42.1 Å². The molecule has 3 rings (SSSR count). The molecule has 1 heterocycles. The summed E-state index contributed by atoms with van der Waals surface area (Å²) in [5.74, 6) is -1.36. The Balaban J connectivity index is 1.77. The van der Waals surface area contributed by atoms with Crippen molar-refractivity contribution in [2.75, 3.05) is 5.32 Å². The number of carboxylic acids is 1. The smallest absolute Gasteiger partial charge is 0.305 e. The van der Waals surface area contributed by atoms with E-state index in [2.05, 4.69) is 10.3 Å². The number of nitrogens with zero attached hydrogens (tertiary/aromatic N) is 1. The van der Waals surface area contributed by atoms with Crippen molar-refractivity contribution < 1.29 is 14.7 Å². The van der Waals surface area contributed by atoms with Crippen LogP contribution in [0, 0.1) is 0 Å². The maximum absolute atomic E-state index is 12.4. The van der Waals surface area contributed by atoms with Crippen LogP contribution in [0.25, 0.3) is 10.2 Å². The van der Waals surface area contributed by atoms with Crippen molar-refractivity contribution in [3.63, 3.8) is 0 Å². The van der Waals surface area contributed by atoms with Crippen LogP contribution in [-0.2, 0) is 9.59 Å². The van der Waals surface area contributed by atoms with Gasteiger partial charge in [-0.15, -0.1) is 11.3 Å². The number of carboxylic acid groups (broad SMARTS) is 1. The first-order valence-corrected chi connectivity index (χ1v) is 8.91. The summed E-state index contributed by atoms with van der Waals surface area (Å²) in [4.78, 5) is 28.0. The second kappa shape index (κ2) is 7.46. The number of aromatic nitrogens is 1. The minimum Gasteiger partial charge on any atom is -0.481 e. The monoisotopic (exact) mass is 358 g/mol. The molecule has 1 unspecified atom stereocenters. The molecule has 122 valence electrons. The van der Waals surface area contributed by atoms with Gasteiger partial charge in [0.15, 0.2) is 4.34 Å². The zero-order chi connectivity index (χ0) is 16.9. The molecule has 1 atom stereocenters. The molecule has 0 aliphatic rings. The first kappa shape index (κ1) is 16.5. The van der Waals surface area contributed by atoms with Crippen LogP contribution in [0.3, 0.4) is 0 Å². The van der Waals surface area contributed by atoms with Gasteiger partial charge in [0.05, 0.1) is 16.6 Å². The number of hydrogen-bond donors (Lipinski definition) is 2. The molecule has 24 heavy (non-hydrogen) atoms. The Morgan fingerprint density at radius 3 is 2.54 bits per heavy atom. The van der Waals surface area contributed by atoms with Crippen LogP contribution >= 0.6 is 23.1 Å². The summed E-state index contributed by atoms with van der Waals surface area (Å²) in [6, 6.07) is 16.7. The number of anilines is 1. The molecular weight excluding hydrogens is 344 g/mol. The van der Waals surface area contributed by atoms with E-state index in [-0.39, 0.29) is 12.3 Å². The normalized spacial score (nSPS) is 12.0. The Bertz CT molecular complexity index is 831. The molecule has 1 aromatic heterocycles. The minimum atomic E-state index is -1.02. The van der Waals surface area contributed by atoms with E-state index in [4.69, 9.17) is 5.11 Å². The predicted octanol–water partition coefficient (Wildman–Crippen LogP) is 3.87. The van der Waals surface area contributed by atoms with Crippen LogP contribution < -0.4 is 5.32 Å². The number of fused-ring (bicyclic) bond motifs is 1. The highest BCUT2D eigenvalue weighted by Gasteiger charge is 2.24. The van der Waals surface area contributed by atoms with Crippen LogP contribution in [0.15, 0.2) is 58.9 Å². The lowest BCUT2D eigenvalue weighted by Crippen LogP contribution is -2.27. The zero-order valence-corrected chi connectivity index (χ0v) is 14.1. The lowest BCUT2D eigenvalue weighted by atomic mass is 10.2. The van der Waals surface area contributed by atoms with Crippen molar-refractivity contribution in [1.29, 1.82) is 0 Å². The highest BCUT2D eigenvalue weighted by atomic mass is 32.2. The molecule has 0 aliphatic carbocycles. The highest BCUT2D eigenvalue weighted by molar-refractivity contribution is 8.02. The highest BCUT2D eigenvalue weighted by Crippen LogP contribution is 2.33. The third-order valence-corrected chi connectivity index (χ3v) is 5.54. The van der Waals surface area contributed by atoms with E-state index in [0.29, 0.717) is 10.0 Å². The fraction of sp³-hybridized carbons (Fsp3) is 0.118. The molecule has 1 amide bonds. The Morgan fingerprint density at radius 2 is 1.83 bits per heavy atom. The van der Waals surface area contributed by atoms with Crippen LogP contribution in [-0.4, -0.2) is 27.2 Å². The second-order valence-electron chi connectivity index (χ2n) is 5.01. The third-order valence-electron chi connectivity index (χ3n) is 3.21. The van der Waals surface area contributed by atoms with Gasteiger partial charge < -0.3 is 10.4 Å². The van der Waals surface area contributed by atoms with Crippen molar-refractivity contribution in [3.8, 4) is 0 Å². The molecule has 7 heteroatoms. The molecule has 0 saturated carbocycles. The van der Waals surface area contributed by atoms with Crippen LogP contribution in [0.1, 0.15) is 6.42 Å². The van der Waals surface area contributed by atoms with Crippen molar-refractivity contribution in [3.05, 3.63) is 54.6 Å². The Hall–Kier alpha value is -2.38. The number of amides is 1. The van der Waals surface area contributed by atoms with E-state index >= 15 is 0 Å². The van der Waals surface area contributed by atoms with Gasteiger partial charge in [0.2, 0.25) is 5.91 Å². The van der Waals surface area contributed by atoms with E-state index in [0.717, 1.165) is 10.2 Å². The van der Waals surface area contributed by atoms with Gasteiger partial charge in [-0.25, -0.2) is 4.98 Å². The molecule has 0 saturated heterocycles. The zero-order valence-electron chi connectivity index (χ0n) is 12.5. The number of thiazole rings is 1. The topological polar surface area (TPSA) is 79.3 Å². The Labute approximate surface area is 146 Å². The van der Waals surface area contributed by atoms with Crippen LogP contribution in [0.2, 0.25) is 0 Å². The van der Waals surface area contributed by atoms with Gasteiger partial charge in [-0.3, -0.25) is 9.59 Å². The predicted molar refractivity (Wildman–Crippen MR) is 96.6 cm³/mol. The standard InChI is InChI=1S/C17H14N2O3S2/c20-15(21)10-14(16(22)18-11-6-2-1-3-7-11)24-17-19-12-8-4-5-9-13(12)23-17/h1-9,14H,10H2,(H,18,22)(H,20,21). The molecule has 0 fully saturated rings. The number of thioether (sulfide) groups is 1. The average Bonchev–Trinajstić information content (AvgIpc) is 2.97. The molecule has 0 spiro atoms. The maximum Gasteiger partial charge on any atom is 0.305 e. The van der Waals surface area contributed by atoms with Gasteiger partial charge in [0.1, 0.15) is 5.25 Å². The molecule has 0 radical (unpaired) electrons. The molecular formula is C17H14N2O3S2. The quantitative estimate of drug-likeness (QED) is 0.654. The van der Waals surface area contributed by atoms with Gasteiger partial charge in [0, 0.05) is 5.69 Å². The first-order chi connectivity index (χ1) is 11.6. The third kappa shape index (κ3) is 4.12. The Morgan fingerprint density at radius 1 is 1.12 bits per heavy atom. The van der Waals surface area contributed by atoms with Gasteiger partial charge in [-0.2, -0.15) is 0 Å². The minimum absolute atomic E-state index is 0.265. The molecule has 3 aromatic rings. The maximum atomic E-state index is 12.4. The number of rotatable bonds is 6. The SMILES string of the molecule is O=C(O)CC(Sc1nc2ccccc2s1)C(=O)Nc1ccccc1. The van der Waals surface area contributed by atoms with E-state index in [1.54, 1.807) is 12.1 Å². The summed E-state index contributed by atoms with van der Waals surface area (Å²) in [7, 11) is 0. The summed E-state index contributed by atoms with van der Waals surface area (Å²) in [6.45, 7) is 0. The van der Waals surface area contributed by atoms with Crippen molar-refractivity contribution in [2.24, 2.45) is 0 Å². The number of nitrogens with one attached hydrogen (secondary N) is 1. The molecule has 0 bridgehead atoms. The summed E-state index contributed by atoms with van der Waals surface area (Å²) < 4.78 is 1.70. The van der Waals surface area contributed by atoms with Crippen molar-refractivity contribution in [2.45, 2.75) is 16.0 Å². The van der Waals surface area contributed by atoms with E-state index in [1.807, 2.05) is 42.5 Å². The van der Waals surface area contributed by atoms with E-state index in [1.165, 1.54) is 23.1 Å². The lowest BCUT2D eigenvalue weighted by Gasteiger charge is -2.13. The van der Waals surface area contributed by atoms with Gasteiger partial charge in [0.25, 0.3) is 0 Å². The number of para-hydroxylation sites is 2. The van der Waals surface area contributed by atoms with Crippen LogP contribution in [0.5, 0.6) is 0 Å². The fourth-order valence-corrected chi connectivity index (χ4v) is 4.41. The lowest BCUT2D eigenvalue weighted by molar-refractivity contribution is -0.138. The van der Waals surface area contributed by atoms with E-state index < -0.39 is 11.2 Å². The number of carbonyl (C=O) groups is 2. The van der Waals surface area contributed by atoms with Crippen LogP contribution in [0.4, 0.5) is 5.69 Å². The second-order valence-corrected chi connectivity index (χ2v) is 7.49. The summed E-state index contributed by atoms with van der Waals surface area (Å²) >= 11 is 2.64. The average molecular weight is 358 g/mol. The summed E-state index contributed by atoms with van der Waals surface area (Å²) in [6.07, 6.45) is -0.265. The molecule has 5 nitrogen and oxygen atoms in total. The van der Waals surface area contributed by atoms with Crippen molar-refractivity contribution in [1.82, 2.24) is 4.98 Å². The molecule has 2 aromatic carbocycles.